The molecule has 2 aliphatic heterocycles. The van der Waals surface area contributed by atoms with Gasteiger partial charge >= 0.3 is 0 Å². The Morgan fingerprint density at radius 2 is 1.87 bits per heavy atom. The van der Waals surface area contributed by atoms with E-state index in [1.807, 2.05) is 13.3 Å². The zero-order valence-corrected chi connectivity index (χ0v) is 18.8. The van der Waals surface area contributed by atoms with Gasteiger partial charge in [-0.05, 0) is 41.1 Å². The van der Waals surface area contributed by atoms with Crippen molar-refractivity contribution in [3.63, 3.8) is 0 Å². The van der Waals surface area contributed by atoms with Gasteiger partial charge in [-0.2, -0.15) is 4.37 Å². The predicted molar refractivity (Wildman–Crippen MR) is 127 cm³/mol. The highest BCUT2D eigenvalue weighted by molar-refractivity contribution is 7.10. The molecular formula is C25H28N4OS. The number of aromatic nitrogens is 1. The van der Waals surface area contributed by atoms with Crippen LogP contribution in [0.1, 0.15) is 29.5 Å². The minimum atomic E-state index is 0.573. The third-order valence-electron chi connectivity index (χ3n) is 6.67. The molecule has 6 heteroatoms. The van der Waals surface area contributed by atoms with Crippen LogP contribution in [0.4, 0.5) is 10.7 Å². The lowest BCUT2D eigenvalue weighted by molar-refractivity contribution is 0.233. The molecule has 2 fully saturated rings. The maximum absolute atomic E-state index is 6.08. The lowest BCUT2D eigenvalue weighted by Crippen LogP contribution is -2.42. The molecule has 0 atom stereocenters. The molecule has 0 spiro atoms. The second-order valence-electron chi connectivity index (χ2n) is 8.81. The summed E-state index contributed by atoms with van der Waals surface area (Å²) >= 11 is 1.62. The number of hydrogen-bond acceptors (Lipinski definition) is 6. The summed E-state index contributed by atoms with van der Waals surface area (Å²) in [4.78, 5) is 5.03. The van der Waals surface area contributed by atoms with Crippen molar-refractivity contribution >= 4 is 22.2 Å². The van der Waals surface area contributed by atoms with Gasteiger partial charge in [0.05, 0.1) is 12.8 Å². The van der Waals surface area contributed by atoms with E-state index in [0.717, 1.165) is 44.9 Å². The Hall–Kier alpha value is -2.41. The lowest BCUT2D eigenvalue weighted by atomic mass is 9.94. The number of fused-ring (bicyclic) bond motifs is 2. The molecule has 6 rings (SSSR count). The molecule has 3 aliphatic rings. The standard InChI is InChI=1S/C25H28N4OS/c1-30-24-22(18-4-2-17(3-5-18)16-28-12-10-26-11-13-28)9-6-19-14-20-15-27-31-25(20)29(23(19)24)21-7-8-21/h2-6,9,15,21,26H,7-8,10-14,16H2,1H3. The molecular weight excluding hydrogens is 404 g/mol. The Kier molecular flexibility index (Phi) is 4.94. The van der Waals surface area contributed by atoms with E-state index in [0.29, 0.717) is 6.04 Å². The van der Waals surface area contributed by atoms with Crippen molar-refractivity contribution in [2.75, 3.05) is 38.2 Å². The number of ether oxygens (including phenoxy) is 1. The number of nitrogens with one attached hydrogen (secondary N) is 1. The number of rotatable bonds is 5. The first-order chi connectivity index (χ1) is 15.3. The van der Waals surface area contributed by atoms with Crippen LogP contribution in [-0.4, -0.2) is 48.6 Å². The average Bonchev–Trinajstić information content (AvgIpc) is 3.54. The SMILES string of the molecule is COc1c(-c2ccc(CN3CCNCC3)cc2)ccc2c1N(C1CC1)c1sncc1C2. The maximum atomic E-state index is 6.08. The van der Waals surface area contributed by atoms with E-state index < -0.39 is 0 Å². The number of benzene rings is 2. The largest absolute Gasteiger partial charge is 0.494 e. The van der Waals surface area contributed by atoms with Gasteiger partial charge < -0.3 is 15.0 Å². The van der Waals surface area contributed by atoms with Crippen LogP contribution >= 0.6 is 11.5 Å². The van der Waals surface area contributed by atoms with E-state index in [1.165, 1.54) is 51.3 Å². The summed E-state index contributed by atoms with van der Waals surface area (Å²) in [6, 6.07) is 14.2. The summed E-state index contributed by atoms with van der Waals surface area (Å²) in [5.74, 6) is 0.998. The first kappa shape index (κ1) is 19.3. The number of piperazine rings is 1. The molecule has 1 aromatic heterocycles. The highest BCUT2D eigenvalue weighted by Crippen LogP contribution is 2.53. The van der Waals surface area contributed by atoms with Gasteiger partial charge in [-0.1, -0.05) is 36.4 Å². The van der Waals surface area contributed by atoms with Crippen LogP contribution in [0.3, 0.4) is 0 Å². The fourth-order valence-corrected chi connectivity index (χ4v) is 5.78. The monoisotopic (exact) mass is 432 g/mol. The van der Waals surface area contributed by atoms with Gasteiger partial charge in [-0.15, -0.1) is 0 Å². The molecule has 0 radical (unpaired) electrons. The summed E-state index contributed by atoms with van der Waals surface area (Å²) < 4.78 is 10.6. The normalized spacial score (nSPS) is 18.5. The first-order valence-corrected chi connectivity index (χ1v) is 12.0. The van der Waals surface area contributed by atoms with Crippen LogP contribution in [0, 0.1) is 0 Å². The Morgan fingerprint density at radius 3 is 2.61 bits per heavy atom. The third kappa shape index (κ3) is 3.53. The van der Waals surface area contributed by atoms with Crippen LogP contribution < -0.4 is 15.0 Å². The van der Waals surface area contributed by atoms with E-state index in [-0.39, 0.29) is 0 Å². The highest BCUT2D eigenvalue weighted by Gasteiger charge is 2.38. The fraction of sp³-hybridized carbons (Fsp3) is 0.400. The van der Waals surface area contributed by atoms with Crippen LogP contribution in [0.2, 0.25) is 0 Å². The van der Waals surface area contributed by atoms with E-state index in [4.69, 9.17) is 4.74 Å². The fourth-order valence-electron chi connectivity index (χ4n) is 4.93. The molecule has 160 valence electrons. The number of nitrogens with zero attached hydrogens (tertiary/aromatic N) is 3. The minimum absolute atomic E-state index is 0.573. The van der Waals surface area contributed by atoms with Crippen LogP contribution in [0.25, 0.3) is 11.1 Å². The number of hydrogen-bond donors (Lipinski definition) is 1. The third-order valence-corrected chi connectivity index (χ3v) is 7.52. The van der Waals surface area contributed by atoms with E-state index in [1.54, 1.807) is 11.5 Å². The average molecular weight is 433 g/mol. The molecule has 0 amide bonds. The summed E-state index contributed by atoms with van der Waals surface area (Å²) in [6.45, 7) is 5.44. The smallest absolute Gasteiger partial charge is 0.150 e. The van der Waals surface area contributed by atoms with E-state index in [9.17, 15) is 0 Å². The molecule has 5 nitrogen and oxygen atoms in total. The van der Waals surface area contributed by atoms with Crippen LogP contribution in [0.15, 0.2) is 42.6 Å². The molecule has 3 heterocycles. The Labute approximate surface area is 187 Å². The summed E-state index contributed by atoms with van der Waals surface area (Å²) in [7, 11) is 1.81. The predicted octanol–water partition coefficient (Wildman–Crippen LogP) is 4.43. The van der Waals surface area contributed by atoms with Gasteiger partial charge in [0.2, 0.25) is 0 Å². The molecule has 1 N–H and O–H groups in total. The van der Waals surface area contributed by atoms with Gasteiger partial charge in [-0.3, -0.25) is 4.90 Å². The topological polar surface area (TPSA) is 40.6 Å². The van der Waals surface area contributed by atoms with Crippen molar-refractivity contribution in [3.05, 3.63) is 59.3 Å². The Bertz CT molecular complexity index is 1080. The first-order valence-electron chi connectivity index (χ1n) is 11.3. The Morgan fingerprint density at radius 1 is 1.06 bits per heavy atom. The lowest BCUT2D eigenvalue weighted by Gasteiger charge is -2.33. The number of anilines is 2. The van der Waals surface area contributed by atoms with Crippen molar-refractivity contribution in [2.45, 2.75) is 31.8 Å². The molecule has 3 aromatic rings. The molecule has 1 saturated carbocycles. The molecule has 2 aromatic carbocycles. The van der Waals surface area contributed by atoms with E-state index >= 15 is 0 Å². The molecule has 1 saturated heterocycles. The van der Waals surface area contributed by atoms with Gasteiger partial charge in [0, 0.05) is 62.5 Å². The second-order valence-corrected chi connectivity index (χ2v) is 9.59. The summed E-state index contributed by atoms with van der Waals surface area (Å²) in [6.07, 6.45) is 5.45. The number of methoxy groups -OCH3 is 1. The molecule has 0 unspecified atom stereocenters. The van der Waals surface area contributed by atoms with E-state index in [2.05, 4.69) is 55.9 Å². The van der Waals surface area contributed by atoms with Crippen molar-refractivity contribution in [1.29, 1.82) is 0 Å². The van der Waals surface area contributed by atoms with Crippen LogP contribution in [0.5, 0.6) is 5.75 Å². The quantitative estimate of drug-likeness (QED) is 0.646. The second kappa shape index (κ2) is 7.93. The minimum Gasteiger partial charge on any atom is -0.494 e. The van der Waals surface area contributed by atoms with Crippen molar-refractivity contribution < 1.29 is 4.74 Å². The zero-order valence-electron chi connectivity index (χ0n) is 17.9. The van der Waals surface area contributed by atoms with Crippen molar-refractivity contribution in [2.24, 2.45) is 0 Å². The van der Waals surface area contributed by atoms with Crippen LogP contribution in [-0.2, 0) is 13.0 Å². The maximum Gasteiger partial charge on any atom is 0.150 e. The molecule has 1 aliphatic carbocycles. The molecule has 0 bridgehead atoms. The molecule has 31 heavy (non-hydrogen) atoms. The van der Waals surface area contributed by atoms with Crippen molar-refractivity contribution in [3.8, 4) is 16.9 Å². The van der Waals surface area contributed by atoms with Gasteiger partial charge in [0.1, 0.15) is 5.00 Å². The van der Waals surface area contributed by atoms with Gasteiger partial charge in [0.15, 0.2) is 5.75 Å². The van der Waals surface area contributed by atoms with Crippen molar-refractivity contribution in [1.82, 2.24) is 14.6 Å². The highest BCUT2D eigenvalue weighted by atomic mass is 32.1. The summed E-state index contributed by atoms with van der Waals surface area (Å²) in [5.41, 5.74) is 7.70. The summed E-state index contributed by atoms with van der Waals surface area (Å²) in [5, 5.41) is 4.73. The zero-order chi connectivity index (χ0) is 20.8. The van der Waals surface area contributed by atoms with Gasteiger partial charge in [0.25, 0.3) is 0 Å². The van der Waals surface area contributed by atoms with Gasteiger partial charge in [-0.25, -0.2) is 0 Å². The Balaban J connectivity index is 1.35.